The lowest BCUT2D eigenvalue weighted by Gasteiger charge is -2.21. The van der Waals surface area contributed by atoms with Crippen LogP contribution in [0.25, 0.3) is 11.0 Å². The minimum Gasteiger partial charge on any atom is -0.342 e. The van der Waals surface area contributed by atoms with Crippen molar-refractivity contribution >= 4 is 11.0 Å². The fourth-order valence-corrected chi connectivity index (χ4v) is 3.70. The van der Waals surface area contributed by atoms with Crippen LogP contribution < -0.4 is 0 Å². The van der Waals surface area contributed by atoms with Crippen molar-refractivity contribution < 1.29 is 0 Å². The van der Waals surface area contributed by atoms with Gasteiger partial charge in [-0.3, -0.25) is 0 Å². The first-order chi connectivity index (χ1) is 9.22. The monoisotopic (exact) mass is 254 g/mol. The third-order valence-electron chi connectivity index (χ3n) is 5.00. The molecular weight excluding hydrogens is 232 g/mol. The first kappa shape index (κ1) is 11.5. The molecule has 2 aliphatic rings. The van der Waals surface area contributed by atoms with Gasteiger partial charge in [-0.1, -0.05) is 13.0 Å². The van der Waals surface area contributed by atoms with Gasteiger partial charge < -0.3 is 4.98 Å². The first-order valence-electron chi connectivity index (χ1n) is 7.68. The van der Waals surface area contributed by atoms with E-state index in [2.05, 4.69) is 37.0 Å². The molecule has 0 aliphatic heterocycles. The zero-order valence-electron chi connectivity index (χ0n) is 11.8. The summed E-state index contributed by atoms with van der Waals surface area (Å²) in [6, 6.07) is 6.50. The van der Waals surface area contributed by atoms with Crippen LogP contribution in [-0.4, -0.2) is 9.97 Å². The van der Waals surface area contributed by atoms with Crippen LogP contribution in [0.5, 0.6) is 0 Å². The Kier molecular flexibility index (Phi) is 2.48. The number of benzene rings is 1. The number of hydrogen-bond donors (Lipinski definition) is 1. The van der Waals surface area contributed by atoms with Crippen LogP contribution in [0.4, 0.5) is 0 Å². The molecule has 19 heavy (non-hydrogen) atoms. The van der Waals surface area contributed by atoms with Crippen LogP contribution in [0.15, 0.2) is 18.2 Å². The first-order valence-corrected chi connectivity index (χ1v) is 7.68. The fraction of sp³-hybridized carbons (Fsp3) is 0.588. The molecule has 1 aromatic heterocycles. The summed E-state index contributed by atoms with van der Waals surface area (Å²) in [7, 11) is 0. The Labute approximate surface area is 114 Å². The van der Waals surface area contributed by atoms with Gasteiger partial charge in [0.2, 0.25) is 0 Å². The molecule has 4 rings (SSSR count). The third-order valence-corrected chi connectivity index (χ3v) is 5.00. The molecule has 2 nitrogen and oxygen atoms in total. The van der Waals surface area contributed by atoms with E-state index < -0.39 is 0 Å². The quantitative estimate of drug-likeness (QED) is 0.860. The Morgan fingerprint density at radius 2 is 1.84 bits per heavy atom. The topological polar surface area (TPSA) is 28.7 Å². The average Bonchev–Trinajstić information content (AvgIpc) is 3.30. The Morgan fingerprint density at radius 3 is 2.47 bits per heavy atom. The number of rotatable bonds is 4. The summed E-state index contributed by atoms with van der Waals surface area (Å²) in [5, 5.41) is 0. The summed E-state index contributed by atoms with van der Waals surface area (Å²) in [5.41, 5.74) is 3.63. The summed E-state index contributed by atoms with van der Waals surface area (Å²) in [6.07, 6.45) is 5.80. The van der Waals surface area contributed by atoms with Crippen LogP contribution >= 0.6 is 0 Å². The van der Waals surface area contributed by atoms with E-state index in [1.54, 1.807) is 0 Å². The maximum Gasteiger partial charge on any atom is 0.110 e. The van der Waals surface area contributed by atoms with Crippen LogP contribution in [0.2, 0.25) is 0 Å². The van der Waals surface area contributed by atoms with Gasteiger partial charge >= 0.3 is 0 Å². The largest absolute Gasteiger partial charge is 0.342 e. The second kappa shape index (κ2) is 4.09. The second-order valence-electron chi connectivity index (χ2n) is 6.68. The predicted octanol–water partition coefficient (Wildman–Crippen LogP) is 4.41. The van der Waals surface area contributed by atoms with Crippen molar-refractivity contribution in [1.29, 1.82) is 0 Å². The summed E-state index contributed by atoms with van der Waals surface area (Å²) >= 11 is 0. The zero-order valence-corrected chi connectivity index (χ0v) is 11.8. The van der Waals surface area contributed by atoms with Gasteiger partial charge in [0.05, 0.1) is 11.0 Å². The van der Waals surface area contributed by atoms with E-state index in [1.165, 1.54) is 42.6 Å². The highest BCUT2D eigenvalue weighted by Gasteiger charge is 2.45. The summed E-state index contributed by atoms with van der Waals surface area (Å²) in [6.45, 7) is 4.52. The summed E-state index contributed by atoms with van der Waals surface area (Å²) in [4.78, 5) is 8.41. The van der Waals surface area contributed by atoms with Gasteiger partial charge in [-0.05, 0) is 68.1 Å². The summed E-state index contributed by atoms with van der Waals surface area (Å²) < 4.78 is 0. The second-order valence-corrected chi connectivity index (χ2v) is 6.68. The summed E-state index contributed by atoms with van der Waals surface area (Å²) in [5.74, 6) is 4.65. The minimum absolute atomic E-state index is 0.590. The van der Waals surface area contributed by atoms with Crippen molar-refractivity contribution in [2.45, 2.75) is 45.4 Å². The minimum atomic E-state index is 0.590. The molecule has 2 aliphatic carbocycles. The molecule has 0 amide bonds. The molecule has 1 atom stereocenters. The number of aromatic amines is 1. The third kappa shape index (κ3) is 2.07. The molecule has 1 heterocycles. The van der Waals surface area contributed by atoms with Gasteiger partial charge in [-0.25, -0.2) is 4.98 Å². The number of fused-ring (bicyclic) bond motifs is 1. The van der Waals surface area contributed by atoms with Crippen LogP contribution in [-0.2, 0) is 0 Å². The van der Waals surface area contributed by atoms with Crippen molar-refractivity contribution in [1.82, 2.24) is 9.97 Å². The smallest absolute Gasteiger partial charge is 0.110 e. The molecule has 0 bridgehead atoms. The van der Waals surface area contributed by atoms with E-state index in [1.807, 2.05) is 0 Å². The van der Waals surface area contributed by atoms with Crippen LogP contribution in [0, 0.1) is 24.7 Å². The predicted molar refractivity (Wildman–Crippen MR) is 78.2 cm³/mol. The Morgan fingerprint density at radius 1 is 1.16 bits per heavy atom. The van der Waals surface area contributed by atoms with Crippen molar-refractivity contribution in [2.75, 3.05) is 0 Å². The van der Waals surface area contributed by atoms with E-state index in [9.17, 15) is 0 Å². The molecule has 0 spiro atoms. The van der Waals surface area contributed by atoms with Gasteiger partial charge in [-0.2, -0.15) is 0 Å². The van der Waals surface area contributed by atoms with Crippen molar-refractivity contribution in [2.24, 2.45) is 17.8 Å². The van der Waals surface area contributed by atoms with Crippen molar-refractivity contribution in [3.8, 4) is 0 Å². The highest BCUT2D eigenvalue weighted by Crippen LogP contribution is 2.54. The van der Waals surface area contributed by atoms with Crippen molar-refractivity contribution in [3.63, 3.8) is 0 Å². The number of hydrogen-bond acceptors (Lipinski definition) is 1. The van der Waals surface area contributed by atoms with Gasteiger partial charge in [0.1, 0.15) is 5.82 Å². The molecule has 2 heteroatoms. The van der Waals surface area contributed by atoms with E-state index in [4.69, 9.17) is 4.98 Å². The van der Waals surface area contributed by atoms with E-state index in [0.717, 1.165) is 23.3 Å². The Bertz CT molecular complexity index is 593. The molecule has 1 N–H and O–H groups in total. The normalized spacial score (nSPS) is 21.2. The number of nitrogens with one attached hydrogen (secondary N) is 1. The molecule has 0 saturated heterocycles. The lowest BCUT2D eigenvalue weighted by molar-refractivity contribution is 0.338. The molecule has 100 valence electrons. The number of H-pyrrole nitrogens is 1. The lowest BCUT2D eigenvalue weighted by atomic mass is 9.85. The maximum absolute atomic E-state index is 4.84. The number of imidazole rings is 1. The number of nitrogens with zero attached hydrogens (tertiary/aromatic N) is 1. The Balaban J connectivity index is 1.68. The van der Waals surface area contributed by atoms with Crippen LogP contribution in [0.1, 0.15) is 49.9 Å². The van der Waals surface area contributed by atoms with Gasteiger partial charge in [-0.15, -0.1) is 0 Å². The highest BCUT2D eigenvalue weighted by molar-refractivity contribution is 5.75. The molecule has 0 radical (unpaired) electrons. The van der Waals surface area contributed by atoms with Gasteiger partial charge in [0.15, 0.2) is 0 Å². The van der Waals surface area contributed by atoms with E-state index >= 15 is 0 Å². The fourth-order valence-electron chi connectivity index (χ4n) is 3.70. The number of aryl methyl sites for hydroxylation is 1. The maximum atomic E-state index is 4.84. The Hall–Kier alpha value is -1.31. The standard InChI is InChI=1S/C17H22N2/c1-10-3-8-14-15(9-10)19-17(18-14)11(2)16(12-4-5-12)13-6-7-13/h3,8-9,11-13,16H,4-7H2,1-2H3,(H,18,19). The van der Waals surface area contributed by atoms with E-state index in [0.29, 0.717) is 5.92 Å². The van der Waals surface area contributed by atoms with Gasteiger partial charge in [0, 0.05) is 5.92 Å². The van der Waals surface area contributed by atoms with Crippen LogP contribution in [0.3, 0.4) is 0 Å². The molecule has 2 fully saturated rings. The van der Waals surface area contributed by atoms with Crippen molar-refractivity contribution in [3.05, 3.63) is 29.6 Å². The number of aromatic nitrogens is 2. The van der Waals surface area contributed by atoms with E-state index in [-0.39, 0.29) is 0 Å². The highest BCUT2D eigenvalue weighted by atomic mass is 14.9. The molecular formula is C17H22N2. The molecule has 1 unspecified atom stereocenters. The average molecular weight is 254 g/mol. The molecule has 2 aromatic rings. The zero-order chi connectivity index (χ0) is 13.0. The lowest BCUT2D eigenvalue weighted by Crippen LogP contribution is -2.15. The SMILES string of the molecule is Cc1ccc2nc(C(C)C(C3CC3)C3CC3)[nH]c2c1. The van der Waals surface area contributed by atoms with Gasteiger partial charge in [0.25, 0.3) is 0 Å². The molecule has 1 aromatic carbocycles. The molecule has 2 saturated carbocycles.